The van der Waals surface area contributed by atoms with Gasteiger partial charge in [0, 0.05) is 43.8 Å². The summed E-state index contributed by atoms with van der Waals surface area (Å²) in [5.41, 5.74) is 8.72. The van der Waals surface area contributed by atoms with Crippen molar-refractivity contribution < 1.29 is 4.79 Å². The van der Waals surface area contributed by atoms with E-state index in [-0.39, 0.29) is 17.6 Å². The van der Waals surface area contributed by atoms with Gasteiger partial charge in [0.25, 0.3) is 0 Å². The van der Waals surface area contributed by atoms with E-state index in [1.54, 1.807) is 6.20 Å². The number of aromatic nitrogens is 4. The van der Waals surface area contributed by atoms with Gasteiger partial charge in [-0.25, -0.2) is 0 Å². The summed E-state index contributed by atoms with van der Waals surface area (Å²) in [6.45, 7) is 5.46. The molecule has 0 radical (unpaired) electrons. The maximum atomic E-state index is 12.0. The van der Waals surface area contributed by atoms with Crippen molar-refractivity contribution in [2.75, 3.05) is 29.1 Å². The van der Waals surface area contributed by atoms with Crippen LogP contribution in [-0.2, 0) is 17.9 Å². The molecular weight excluding hydrogens is 437 g/mol. The molecule has 0 aliphatic carbocycles. The summed E-state index contributed by atoms with van der Waals surface area (Å²) < 4.78 is 2.10. The lowest BCUT2D eigenvalue weighted by atomic mass is 10.1. The molecule has 0 bridgehead atoms. The van der Waals surface area contributed by atoms with E-state index in [0.29, 0.717) is 35.2 Å². The zero-order valence-electron chi connectivity index (χ0n) is 17.7. The third kappa shape index (κ3) is 5.26. The summed E-state index contributed by atoms with van der Waals surface area (Å²) in [4.78, 5) is 28.2. The molecule has 0 unspecified atom stereocenters. The molecule has 3 aromatic rings. The molecule has 10 heteroatoms. The van der Waals surface area contributed by atoms with E-state index < -0.39 is 0 Å². The summed E-state index contributed by atoms with van der Waals surface area (Å²) in [5.74, 6) is 0.317. The lowest BCUT2D eigenvalue weighted by Crippen LogP contribution is -2.29. The normalized spacial score (nSPS) is 10.9. The summed E-state index contributed by atoms with van der Waals surface area (Å²) >= 11 is 12.8. The monoisotopic (exact) mass is 461 g/mol. The van der Waals surface area contributed by atoms with Gasteiger partial charge < -0.3 is 15.2 Å². The summed E-state index contributed by atoms with van der Waals surface area (Å²) in [6, 6.07) is 3.98. The number of carbonyl (C=O) groups is 1. The van der Waals surface area contributed by atoms with Crippen LogP contribution < -0.4 is 15.5 Å². The second kappa shape index (κ2) is 9.98. The van der Waals surface area contributed by atoms with Gasteiger partial charge in [-0.3, -0.25) is 14.7 Å². The number of nitrogens with zero attached hydrogens (tertiary/aromatic N) is 6. The lowest BCUT2D eigenvalue weighted by molar-refractivity contribution is -0.107. The minimum absolute atomic E-state index is 0.0111. The van der Waals surface area contributed by atoms with Gasteiger partial charge in [-0.2, -0.15) is 9.97 Å². The molecule has 3 heterocycles. The van der Waals surface area contributed by atoms with Crippen molar-refractivity contribution in [3.63, 3.8) is 0 Å². The standard InChI is InChI=1S/C21H25Cl2N7O/c1-14-11-25-16(15(2)17(14)22)12-30(13-31)20-18(19(23)26-21(24)27-20)28(3)7-6-10-29-8-4-5-9-29/h4-5,8-9,11,13H,6-7,10,12H2,1-3H3,(H2,24,26,27). The highest BCUT2D eigenvalue weighted by Gasteiger charge is 2.22. The van der Waals surface area contributed by atoms with Crippen molar-refractivity contribution >= 4 is 47.1 Å². The fraction of sp³-hybridized carbons (Fsp3) is 0.333. The van der Waals surface area contributed by atoms with E-state index in [1.165, 1.54) is 4.90 Å². The van der Waals surface area contributed by atoms with Crippen molar-refractivity contribution in [2.24, 2.45) is 0 Å². The third-order valence-electron chi connectivity index (χ3n) is 5.04. The number of rotatable bonds is 9. The SMILES string of the molecule is Cc1cnc(CN(C=O)c2nc(N)nc(Cl)c2N(C)CCCn2cccc2)c(C)c1Cl. The van der Waals surface area contributed by atoms with Crippen LogP contribution in [0.2, 0.25) is 10.2 Å². The number of aryl methyl sites for hydroxylation is 2. The first kappa shape index (κ1) is 22.8. The van der Waals surface area contributed by atoms with E-state index >= 15 is 0 Å². The molecule has 1 amide bonds. The van der Waals surface area contributed by atoms with E-state index in [2.05, 4.69) is 19.5 Å². The fourth-order valence-corrected chi connectivity index (χ4v) is 3.79. The van der Waals surface area contributed by atoms with Crippen LogP contribution in [0.15, 0.2) is 30.7 Å². The Morgan fingerprint density at radius 2 is 1.90 bits per heavy atom. The Balaban J connectivity index is 1.88. The van der Waals surface area contributed by atoms with E-state index in [0.717, 1.165) is 24.1 Å². The molecule has 3 aromatic heterocycles. The first-order valence-electron chi connectivity index (χ1n) is 9.79. The number of hydrogen-bond donors (Lipinski definition) is 1. The van der Waals surface area contributed by atoms with E-state index in [1.807, 2.05) is 50.3 Å². The molecule has 3 rings (SSSR count). The average molecular weight is 462 g/mol. The Labute approximate surface area is 191 Å². The number of hydrogen-bond acceptors (Lipinski definition) is 6. The Hall–Kier alpha value is -2.84. The summed E-state index contributed by atoms with van der Waals surface area (Å²) in [5, 5.41) is 0.808. The van der Waals surface area contributed by atoms with Gasteiger partial charge in [0.05, 0.1) is 12.2 Å². The fourth-order valence-electron chi connectivity index (χ4n) is 3.32. The molecule has 0 fully saturated rings. The second-order valence-corrected chi connectivity index (χ2v) is 8.04. The van der Waals surface area contributed by atoms with Crippen molar-refractivity contribution in [1.82, 2.24) is 19.5 Å². The highest BCUT2D eigenvalue weighted by Crippen LogP contribution is 2.34. The van der Waals surface area contributed by atoms with Gasteiger partial charge in [0.2, 0.25) is 12.4 Å². The van der Waals surface area contributed by atoms with Crippen LogP contribution >= 0.6 is 23.2 Å². The van der Waals surface area contributed by atoms with Gasteiger partial charge in [-0.15, -0.1) is 0 Å². The number of carbonyl (C=O) groups excluding carboxylic acids is 1. The van der Waals surface area contributed by atoms with Gasteiger partial charge in [0.15, 0.2) is 11.0 Å². The molecule has 0 aliphatic rings. The molecule has 0 aromatic carbocycles. The average Bonchev–Trinajstić information content (AvgIpc) is 3.24. The zero-order valence-corrected chi connectivity index (χ0v) is 19.2. The Morgan fingerprint density at radius 1 is 1.19 bits per heavy atom. The highest BCUT2D eigenvalue weighted by molar-refractivity contribution is 6.33. The summed E-state index contributed by atoms with van der Waals surface area (Å²) in [7, 11) is 1.88. The van der Waals surface area contributed by atoms with Crippen molar-refractivity contribution in [1.29, 1.82) is 0 Å². The highest BCUT2D eigenvalue weighted by atomic mass is 35.5. The van der Waals surface area contributed by atoms with Crippen LogP contribution in [0.25, 0.3) is 0 Å². The van der Waals surface area contributed by atoms with Gasteiger partial charge >= 0.3 is 0 Å². The first-order chi connectivity index (χ1) is 14.8. The number of nitrogens with two attached hydrogens (primary N) is 1. The predicted molar refractivity (Wildman–Crippen MR) is 125 cm³/mol. The van der Waals surface area contributed by atoms with Crippen LogP contribution in [-0.4, -0.2) is 39.5 Å². The molecule has 0 aliphatic heterocycles. The predicted octanol–water partition coefficient (Wildman–Crippen LogP) is 3.87. The quantitative estimate of drug-likeness (QED) is 0.383. The number of halogens is 2. The van der Waals surface area contributed by atoms with Crippen LogP contribution in [0.1, 0.15) is 23.2 Å². The van der Waals surface area contributed by atoms with Crippen LogP contribution in [0, 0.1) is 13.8 Å². The lowest BCUT2D eigenvalue weighted by Gasteiger charge is -2.27. The van der Waals surface area contributed by atoms with Crippen LogP contribution in [0.3, 0.4) is 0 Å². The molecule has 0 spiro atoms. The van der Waals surface area contributed by atoms with Crippen molar-refractivity contribution in [3.05, 3.63) is 57.7 Å². The van der Waals surface area contributed by atoms with Crippen molar-refractivity contribution in [3.8, 4) is 0 Å². The Kier molecular flexibility index (Phi) is 7.35. The number of nitrogen functional groups attached to an aromatic ring is 1. The molecule has 31 heavy (non-hydrogen) atoms. The maximum Gasteiger partial charge on any atom is 0.223 e. The topological polar surface area (TPSA) is 93.2 Å². The third-order valence-corrected chi connectivity index (χ3v) is 5.88. The number of amides is 1. The first-order valence-corrected chi connectivity index (χ1v) is 10.5. The van der Waals surface area contributed by atoms with Gasteiger partial charge in [-0.05, 0) is 43.5 Å². The van der Waals surface area contributed by atoms with E-state index in [9.17, 15) is 4.79 Å². The Bertz CT molecular complexity index is 1060. The minimum atomic E-state index is -0.0111. The van der Waals surface area contributed by atoms with E-state index in [4.69, 9.17) is 28.9 Å². The molecule has 0 saturated carbocycles. The zero-order chi connectivity index (χ0) is 22.5. The molecule has 0 saturated heterocycles. The maximum absolute atomic E-state index is 12.0. The molecule has 164 valence electrons. The molecule has 2 N–H and O–H groups in total. The van der Waals surface area contributed by atoms with Crippen LogP contribution in [0.5, 0.6) is 0 Å². The van der Waals surface area contributed by atoms with Gasteiger partial charge in [0.1, 0.15) is 5.69 Å². The molecule has 0 atom stereocenters. The number of anilines is 3. The van der Waals surface area contributed by atoms with Crippen molar-refractivity contribution in [2.45, 2.75) is 33.4 Å². The molecular formula is C21H25Cl2N7O. The summed E-state index contributed by atoms with van der Waals surface area (Å²) in [6.07, 6.45) is 7.26. The van der Waals surface area contributed by atoms with Gasteiger partial charge in [-0.1, -0.05) is 23.2 Å². The smallest absolute Gasteiger partial charge is 0.223 e. The van der Waals surface area contributed by atoms with Crippen LogP contribution in [0.4, 0.5) is 17.5 Å². The molecule has 8 nitrogen and oxygen atoms in total. The number of pyridine rings is 1. The largest absolute Gasteiger partial charge is 0.369 e. The second-order valence-electron chi connectivity index (χ2n) is 7.30. The Morgan fingerprint density at radius 3 is 2.58 bits per heavy atom. The minimum Gasteiger partial charge on any atom is -0.369 e.